The van der Waals surface area contributed by atoms with Crippen LogP contribution < -0.4 is 0 Å². The largest absolute Gasteiger partial charge is 0.315 e. The Bertz CT molecular complexity index is 899. The summed E-state index contributed by atoms with van der Waals surface area (Å²) in [5.74, 6) is 0. The number of hydrogen-bond donors (Lipinski definition) is 0. The molecule has 0 aromatic heterocycles. The Kier molecular flexibility index (Phi) is 7.21. The molecular weight excluding hydrogens is 376 g/mol. The maximum Gasteiger partial charge on any atom is 0.105 e. The van der Waals surface area contributed by atoms with Gasteiger partial charge in [0, 0.05) is 31.1 Å². The molecule has 2 nitrogen and oxygen atoms in total. The van der Waals surface area contributed by atoms with Crippen LogP contribution in [0.4, 0.5) is 0 Å². The fraction of sp³-hybridized carbons (Fsp3) is 0.379. The van der Waals surface area contributed by atoms with Gasteiger partial charge in [0.1, 0.15) is 6.54 Å². The van der Waals surface area contributed by atoms with Gasteiger partial charge in [-0.2, -0.15) is 0 Å². The zero-order valence-corrected chi connectivity index (χ0v) is 19.2. The fourth-order valence-electron chi connectivity index (χ4n) is 5.25. The van der Waals surface area contributed by atoms with E-state index in [1.807, 2.05) is 0 Å². The van der Waals surface area contributed by atoms with E-state index in [1.54, 1.807) is 0 Å². The number of piperazine rings is 1. The minimum Gasteiger partial charge on any atom is -0.315 e. The van der Waals surface area contributed by atoms with Gasteiger partial charge in [-0.05, 0) is 31.4 Å². The maximum absolute atomic E-state index is 2.71. The first kappa shape index (κ1) is 21.8. The number of benzene rings is 3. The molecular formula is C29H37N2+. The van der Waals surface area contributed by atoms with Gasteiger partial charge in [-0.3, -0.25) is 4.90 Å². The zero-order chi connectivity index (χ0) is 21.5. The molecule has 31 heavy (non-hydrogen) atoms. The summed E-state index contributed by atoms with van der Waals surface area (Å²) in [6, 6.07) is 34.3. The lowest BCUT2D eigenvalue weighted by atomic mass is 9.99. The van der Waals surface area contributed by atoms with Gasteiger partial charge in [-0.25, -0.2) is 0 Å². The molecule has 1 heterocycles. The minimum absolute atomic E-state index is 0.589. The summed E-state index contributed by atoms with van der Waals surface area (Å²) >= 11 is 0. The van der Waals surface area contributed by atoms with E-state index in [9.17, 15) is 0 Å². The second-order valence-corrected chi connectivity index (χ2v) is 9.42. The third-order valence-corrected chi connectivity index (χ3v) is 7.31. The summed E-state index contributed by atoms with van der Waals surface area (Å²) in [6.45, 7) is 10.8. The molecule has 2 heteroatoms. The van der Waals surface area contributed by atoms with Crippen LogP contribution in [0.25, 0.3) is 0 Å². The highest BCUT2D eigenvalue weighted by atomic mass is 15.4. The number of rotatable bonds is 8. The second kappa shape index (κ2) is 10.3. The SMILES string of the molecule is CC(Cc1ccccc1)N1CC[N+](Cc2ccccc2)(C(C)Cc2ccccc2)CC1. The molecule has 1 aliphatic rings. The van der Waals surface area contributed by atoms with E-state index in [-0.39, 0.29) is 0 Å². The van der Waals surface area contributed by atoms with Crippen LogP contribution in [-0.2, 0) is 19.4 Å². The molecule has 0 N–H and O–H groups in total. The highest BCUT2D eigenvalue weighted by Gasteiger charge is 2.38. The molecule has 2 unspecified atom stereocenters. The van der Waals surface area contributed by atoms with Crippen molar-refractivity contribution in [3.63, 3.8) is 0 Å². The Morgan fingerprint density at radius 3 is 1.61 bits per heavy atom. The van der Waals surface area contributed by atoms with Gasteiger partial charge >= 0.3 is 0 Å². The van der Waals surface area contributed by atoms with E-state index < -0.39 is 0 Å². The maximum atomic E-state index is 2.71. The smallest absolute Gasteiger partial charge is 0.105 e. The molecule has 3 aromatic rings. The molecule has 1 fully saturated rings. The molecule has 1 saturated heterocycles. The first-order valence-corrected chi connectivity index (χ1v) is 11.9. The number of nitrogens with zero attached hydrogens (tertiary/aromatic N) is 2. The normalized spacial score (nSPS) is 18.4. The number of hydrogen-bond acceptors (Lipinski definition) is 1. The lowest BCUT2D eigenvalue weighted by Gasteiger charge is -2.50. The molecule has 1 aliphatic heterocycles. The average Bonchev–Trinajstić information content (AvgIpc) is 2.81. The lowest BCUT2D eigenvalue weighted by molar-refractivity contribution is -0.965. The molecule has 0 spiro atoms. The summed E-state index contributed by atoms with van der Waals surface area (Å²) in [6.07, 6.45) is 2.28. The molecule has 162 valence electrons. The number of quaternary nitrogens is 1. The van der Waals surface area contributed by atoms with Crippen molar-refractivity contribution in [2.75, 3.05) is 26.2 Å². The van der Waals surface area contributed by atoms with Crippen LogP contribution in [0.15, 0.2) is 91.0 Å². The summed E-state index contributed by atoms with van der Waals surface area (Å²) in [5.41, 5.74) is 4.37. The van der Waals surface area contributed by atoms with Gasteiger partial charge in [-0.15, -0.1) is 0 Å². The summed E-state index contributed by atoms with van der Waals surface area (Å²) in [7, 11) is 0. The Morgan fingerprint density at radius 2 is 1.10 bits per heavy atom. The molecule has 0 saturated carbocycles. The second-order valence-electron chi connectivity index (χ2n) is 9.42. The van der Waals surface area contributed by atoms with Crippen LogP contribution in [0.3, 0.4) is 0 Å². The van der Waals surface area contributed by atoms with Crippen molar-refractivity contribution in [1.82, 2.24) is 4.90 Å². The Hall–Kier alpha value is -2.42. The van der Waals surface area contributed by atoms with Crippen molar-refractivity contribution in [1.29, 1.82) is 0 Å². The standard InChI is InChI=1S/C29H37N2/c1-25(22-27-12-6-3-7-13-27)30-18-20-31(21-19-30,24-29-16-10-5-11-17-29)26(2)23-28-14-8-4-9-15-28/h3-17,25-26H,18-24H2,1-2H3/q+1. The van der Waals surface area contributed by atoms with Gasteiger partial charge < -0.3 is 4.48 Å². The van der Waals surface area contributed by atoms with Crippen molar-refractivity contribution in [3.8, 4) is 0 Å². The van der Waals surface area contributed by atoms with Crippen LogP contribution in [0, 0.1) is 0 Å². The third-order valence-electron chi connectivity index (χ3n) is 7.31. The topological polar surface area (TPSA) is 3.24 Å². The molecule has 0 radical (unpaired) electrons. The Morgan fingerprint density at radius 1 is 0.645 bits per heavy atom. The van der Waals surface area contributed by atoms with Crippen LogP contribution in [-0.4, -0.2) is 47.6 Å². The first-order chi connectivity index (χ1) is 15.1. The van der Waals surface area contributed by atoms with Crippen LogP contribution in [0.5, 0.6) is 0 Å². The molecule has 3 aromatic carbocycles. The van der Waals surface area contributed by atoms with Crippen LogP contribution in [0.1, 0.15) is 30.5 Å². The van der Waals surface area contributed by atoms with E-state index in [0.29, 0.717) is 12.1 Å². The third kappa shape index (κ3) is 5.64. The van der Waals surface area contributed by atoms with Gasteiger partial charge in [-0.1, -0.05) is 91.0 Å². The zero-order valence-electron chi connectivity index (χ0n) is 19.2. The van der Waals surface area contributed by atoms with Gasteiger partial charge in [0.25, 0.3) is 0 Å². The van der Waals surface area contributed by atoms with E-state index in [2.05, 4.69) is 110 Å². The summed E-state index contributed by atoms with van der Waals surface area (Å²) in [4.78, 5) is 2.71. The molecule has 4 rings (SSSR count). The molecule has 0 amide bonds. The van der Waals surface area contributed by atoms with E-state index in [1.165, 1.54) is 47.4 Å². The predicted molar refractivity (Wildman–Crippen MR) is 131 cm³/mol. The van der Waals surface area contributed by atoms with E-state index >= 15 is 0 Å². The lowest BCUT2D eigenvalue weighted by Crippen LogP contribution is -2.64. The monoisotopic (exact) mass is 413 g/mol. The van der Waals surface area contributed by atoms with Crippen LogP contribution >= 0.6 is 0 Å². The van der Waals surface area contributed by atoms with Crippen molar-refractivity contribution in [2.45, 2.75) is 45.3 Å². The molecule has 0 aliphatic carbocycles. The van der Waals surface area contributed by atoms with Crippen molar-refractivity contribution in [3.05, 3.63) is 108 Å². The molecule has 2 atom stereocenters. The average molecular weight is 414 g/mol. The fourth-order valence-corrected chi connectivity index (χ4v) is 5.25. The minimum atomic E-state index is 0.589. The van der Waals surface area contributed by atoms with Crippen molar-refractivity contribution >= 4 is 0 Å². The Balaban J connectivity index is 1.46. The molecule has 0 bridgehead atoms. The highest BCUT2D eigenvalue weighted by molar-refractivity contribution is 5.17. The van der Waals surface area contributed by atoms with Gasteiger partial charge in [0.05, 0.1) is 19.1 Å². The van der Waals surface area contributed by atoms with Crippen LogP contribution in [0.2, 0.25) is 0 Å². The van der Waals surface area contributed by atoms with Crippen molar-refractivity contribution in [2.24, 2.45) is 0 Å². The van der Waals surface area contributed by atoms with Gasteiger partial charge in [0.15, 0.2) is 0 Å². The first-order valence-electron chi connectivity index (χ1n) is 11.9. The van der Waals surface area contributed by atoms with E-state index in [4.69, 9.17) is 0 Å². The predicted octanol–water partition coefficient (Wildman–Crippen LogP) is 5.58. The highest BCUT2D eigenvalue weighted by Crippen LogP contribution is 2.26. The van der Waals surface area contributed by atoms with Gasteiger partial charge in [0.2, 0.25) is 0 Å². The summed E-state index contributed by atoms with van der Waals surface area (Å²) in [5, 5.41) is 0. The van der Waals surface area contributed by atoms with Crippen molar-refractivity contribution < 1.29 is 4.48 Å². The quantitative estimate of drug-likeness (QED) is 0.436. The Labute approximate surface area is 188 Å². The summed E-state index contributed by atoms with van der Waals surface area (Å²) < 4.78 is 1.19. The van der Waals surface area contributed by atoms with E-state index in [0.717, 1.165) is 19.4 Å².